The van der Waals surface area contributed by atoms with Gasteiger partial charge in [0.2, 0.25) is 11.8 Å². The number of nitrogens with one attached hydrogen (secondary N) is 1. The third-order valence-corrected chi connectivity index (χ3v) is 4.50. The Kier molecular flexibility index (Phi) is 4.66. The molecule has 2 rings (SSSR count). The van der Waals surface area contributed by atoms with E-state index in [0.29, 0.717) is 25.8 Å². The Morgan fingerprint density at radius 3 is 2.24 bits per heavy atom. The van der Waals surface area contributed by atoms with E-state index in [1.54, 1.807) is 4.90 Å². The van der Waals surface area contributed by atoms with Crippen LogP contribution in [0.3, 0.4) is 0 Å². The van der Waals surface area contributed by atoms with Gasteiger partial charge in [-0.3, -0.25) is 9.59 Å². The average molecular weight is 288 g/mol. The van der Waals surface area contributed by atoms with Gasteiger partial charge in [-0.25, -0.2) is 0 Å². The number of amides is 2. The Bertz CT molecular complexity index is 509. The van der Waals surface area contributed by atoms with Crippen molar-refractivity contribution in [2.24, 2.45) is 0 Å². The van der Waals surface area contributed by atoms with Gasteiger partial charge in [0.25, 0.3) is 0 Å². The van der Waals surface area contributed by atoms with Crippen molar-refractivity contribution in [3.8, 4) is 0 Å². The fraction of sp³-hybridized carbons (Fsp3) is 0.529. The maximum atomic E-state index is 12.9. The monoisotopic (exact) mass is 288 g/mol. The van der Waals surface area contributed by atoms with Crippen LogP contribution in [0.25, 0.3) is 0 Å². The Hall–Kier alpha value is -1.84. The van der Waals surface area contributed by atoms with Crippen molar-refractivity contribution < 1.29 is 9.59 Å². The van der Waals surface area contributed by atoms with Gasteiger partial charge in [-0.05, 0) is 24.8 Å². The summed E-state index contributed by atoms with van der Waals surface area (Å²) in [6.07, 6.45) is 1.87. The highest BCUT2D eigenvalue weighted by Gasteiger charge is 2.48. The van der Waals surface area contributed by atoms with Crippen LogP contribution >= 0.6 is 0 Å². The lowest BCUT2D eigenvalue weighted by molar-refractivity contribution is -0.156. The first kappa shape index (κ1) is 15.5. The molecule has 1 atom stereocenters. The fourth-order valence-corrected chi connectivity index (χ4v) is 3.03. The van der Waals surface area contributed by atoms with E-state index in [2.05, 4.69) is 5.32 Å². The highest BCUT2D eigenvalue weighted by Crippen LogP contribution is 2.27. The molecule has 0 spiro atoms. The Morgan fingerprint density at radius 1 is 1.10 bits per heavy atom. The van der Waals surface area contributed by atoms with Crippen LogP contribution in [0.5, 0.6) is 0 Å². The number of benzene rings is 1. The molecular formula is C17H24N2O2. The SMILES string of the molecule is CCC1C(=O)NC(CC)(CC)C(=O)N1Cc1ccccc1. The molecule has 21 heavy (non-hydrogen) atoms. The summed E-state index contributed by atoms with van der Waals surface area (Å²) < 4.78 is 0. The number of rotatable bonds is 5. The topological polar surface area (TPSA) is 49.4 Å². The summed E-state index contributed by atoms with van der Waals surface area (Å²) in [7, 11) is 0. The molecular weight excluding hydrogens is 264 g/mol. The van der Waals surface area contributed by atoms with Gasteiger partial charge in [-0.15, -0.1) is 0 Å². The minimum Gasteiger partial charge on any atom is -0.340 e. The second kappa shape index (κ2) is 6.29. The minimum atomic E-state index is -0.739. The first-order chi connectivity index (χ1) is 10.1. The Morgan fingerprint density at radius 2 is 1.71 bits per heavy atom. The van der Waals surface area contributed by atoms with Crippen LogP contribution in [0.1, 0.15) is 45.6 Å². The van der Waals surface area contributed by atoms with E-state index in [1.807, 2.05) is 51.1 Å². The number of carbonyl (C=O) groups excluding carboxylic acids is 2. The lowest BCUT2D eigenvalue weighted by atomic mass is 9.86. The van der Waals surface area contributed by atoms with Gasteiger partial charge >= 0.3 is 0 Å². The quantitative estimate of drug-likeness (QED) is 0.905. The number of hydrogen-bond acceptors (Lipinski definition) is 2. The zero-order valence-corrected chi connectivity index (χ0v) is 13.1. The lowest BCUT2D eigenvalue weighted by Gasteiger charge is -2.45. The Balaban J connectivity index is 2.33. The molecule has 0 aliphatic carbocycles. The predicted molar refractivity (Wildman–Crippen MR) is 82.5 cm³/mol. The Labute approximate surface area is 126 Å². The molecule has 1 aliphatic rings. The van der Waals surface area contributed by atoms with Gasteiger partial charge in [0.1, 0.15) is 11.6 Å². The largest absolute Gasteiger partial charge is 0.340 e. The van der Waals surface area contributed by atoms with E-state index in [4.69, 9.17) is 0 Å². The molecule has 0 saturated carbocycles. The summed E-state index contributed by atoms with van der Waals surface area (Å²) in [6.45, 7) is 6.34. The van der Waals surface area contributed by atoms with Gasteiger partial charge in [0, 0.05) is 6.54 Å². The molecule has 0 aromatic heterocycles. The zero-order chi connectivity index (χ0) is 15.5. The van der Waals surface area contributed by atoms with E-state index in [9.17, 15) is 9.59 Å². The third kappa shape index (κ3) is 2.80. The normalized spacial score (nSPS) is 21.3. The van der Waals surface area contributed by atoms with Gasteiger partial charge < -0.3 is 10.2 Å². The number of hydrogen-bond donors (Lipinski definition) is 1. The molecule has 1 aliphatic heterocycles. The summed E-state index contributed by atoms with van der Waals surface area (Å²) in [6, 6.07) is 9.48. The van der Waals surface area contributed by atoms with Gasteiger partial charge in [0.15, 0.2) is 0 Å². The van der Waals surface area contributed by atoms with Crippen molar-refractivity contribution in [1.29, 1.82) is 0 Å². The molecule has 1 aromatic carbocycles. The van der Waals surface area contributed by atoms with Gasteiger partial charge in [0.05, 0.1) is 0 Å². The van der Waals surface area contributed by atoms with E-state index < -0.39 is 5.54 Å². The van der Waals surface area contributed by atoms with E-state index >= 15 is 0 Å². The maximum Gasteiger partial charge on any atom is 0.249 e. The third-order valence-electron chi connectivity index (χ3n) is 4.50. The van der Waals surface area contributed by atoms with Crippen LogP contribution in [-0.4, -0.2) is 28.3 Å². The molecule has 2 amide bonds. The lowest BCUT2D eigenvalue weighted by Crippen LogP contribution is -2.69. The van der Waals surface area contributed by atoms with Crippen molar-refractivity contribution in [3.63, 3.8) is 0 Å². The first-order valence-electron chi connectivity index (χ1n) is 7.75. The van der Waals surface area contributed by atoms with Crippen LogP contribution in [0.4, 0.5) is 0 Å². The van der Waals surface area contributed by atoms with Crippen molar-refractivity contribution >= 4 is 11.8 Å². The molecule has 0 bridgehead atoms. The van der Waals surface area contributed by atoms with Crippen LogP contribution in [0, 0.1) is 0 Å². The summed E-state index contributed by atoms with van der Waals surface area (Å²) in [5.74, 6) is 0.0135. The molecule has 1 aromatic rings. The molecule has 1 N–H and O–H groups in total. The highest BCUT2D eigenvalue weighted by atomic mass is 16.2. The summed E-state index contributed by atoms with van der Waals surface area (Å²) in [5, 5.41) is 2.97. The smallest absolute Gasteiger partial charge is 0.249 e. The van der Waals surface area contributed by atoms with Crippen LogP contribution < -0.4 is 5.32 Å². The minimum absolute atomic E-state index is 0.0308. The second-order valence-electron chi connectivity index (χ2n) is 5.62. The predicted octanol–water partition coefficient (Wildman–Crippen LogP) is 2.48. The van der Waals surface area contributed by atoms with Crippen molar-refractivity contribution in [3.05, 3.63) is 35.9 Å². The van der Waals surface area contributed by atoms with E-state index in [0.717, 1.165) is 5.56 Å². The van der Waals surface area contributed by atoms with Crippen molar-refractivity contribution in [1.82, 2.24) is 10.2 Å². The second-order valence-corrected chi connectivity index (χ2v) is 5.62. The number of piperazine rings is 1. The molecule has 4 heteroatoms. The van der Waals surface area contributed by atoms with Crippen molar-refractivity contribution in [2.45, 2.75) is 58.2 Å². The molecule has 1 unspecified atom stereocenters. The first-order valence-corrected chi connectivity index (χ1v) is 7.75. The number of carbonyl (C=O) groups is 2. The molecule has 1 heterocycles. The molecule has 0 radical (unpaired) electrons. The highest BCUT2D eigenvalue weighted by molar-refractivity contribution is 5.99. The summed E-state index contributed by atoms with van der Waals surface area (Å²) in [5.41, 5.74) is 0.317. The zero-order valence-electron chi connectivity index (χ0n) is 13.1. The van der Waals surface area contributed by atoms with Crippen molar-refractivity contribution in [2.75, 3.05) is 0 Å². The average Bonchev–Trinajstić information content (AvgIpc) is 2.52. The molecule has 1 fully saturated rings. The standard InChI is InChI=1S/C17H24N2O2/c1-4-14-15(20)18-17(5-2,6-3)16(21)19(14)12-13-10-8-7-9-11-13/h7-11,14H,4-6,12H2,1-3H3,(H,18,20). The van der Waals surface area contributed by atoms with E-state index in [1.165, 1.54) is 0 Å². The van der Waals surface area contributed by atoms with Gasteiger partial charge in [-0.2, -0.15) is 0 Å². The summed E-state index contributed by atoms with van der Waals surface area (Å²) in [4.78, 5) is 27.1. The van der Waals surface area contributed by atoms with Gasteiger partial charge in [-0.1, -0.05) is 51.1 Å². The summed E-state index contributed by atoms with van der Waals surface area (Å²) >= 11 is 0. The molecule has 1 saturated heterocycles. The molecule has 114 valence electrons. The van der Waals surface area contributed by atoms with E-state index in [-0.39, 0.29) is 17.9 Å². The van der Waals surface area contributed by atoms with Crippen LogP contribution in [0.15, 0.2) is 30.3 Å². The maximum absolute atomic E-state index is 12.9. The van der Waals surface area contributed by atoms with Crippen LogP contribution in [-0.2, 0) is 16.1 Å². The van der Waals surface area contributed by atoms with Crippen LogP contribution in [0.2, 0.25) is 0 Å². The fourth-order valence-electron chi connectivity index (χ4n) is 3.03. The molecule has 4 nitrogen and oxygen atoms in total. The number of nitrogens with zero attached hydrogens (tertiary/aromatic N) is 1.